The smallest absolute Gasteiger partial charge is 0.227 e. The van der Waals surface area contributed by atoms with E-state index in [-0.39, 0.29) is 30.1 Å². The van der Waals surface area contributed by atoms with E-state index in [9.17, 15) is 9.59 Å². The van der Waals surface area contributed by atoms with Gasteiger partial charge in [0, 0.05) is 43.4 Å². The minimum atomic E-state index is 0. The number of hydrogen-bond acceptors (Lipinski definition) is 3. The fourth-order valence-corrected chi connectivity index (χ4v) is 3.81. The van der Waals surface area contributed by atoms with Crippen LogP contribution in [0.1, 0.15) is 49.3 Å². The fraction of sp³-hybridized carbons (Fsp3) is 0.375. The number of halogens is 1. The monoisotopic (exact) mass is 442 g/mol. The molecular formula is C24H31ClN4O2. The Balaban J connectivity index is 0.00000341. The lowest BCUT2D eigenvalue weighted by Gasteiger charge is -2.31. The van der Waals surface area contributed by atoms with E-state index in [0.717, 1.165) is 48.3 Å². The molecule has 1 heterocycles. The number of anilines is 2. The standard InChI is InChI=1S/C24H30N4O2.ClH/c1-3-5-22(29)27(2)20-12-13-21-19(16-20)6-4-15-28(21)23(30)14-9-17-7-10-18(11-8-17)24(25)26;/h7-8,10-13,16H,3-6,9,14-15H2,1-2H3,(H3,25,26);1H. The van der Waals surface area contributed by atoms with Crippen molar-refractivity contribution in [1.82, 2.24) is 0 Å². The minimum Gasteiger partial charge on any atom is -0.384 e. The molecule has 0 unspecified atom stereocenters. The summed E-state index contributed by atoms with van der Waals surface area (Å²) in [4.78, 5) is 28.7. The molecule has 31 heavy (non-hydrogen) atoms. The summed E-state index contributed by atoms with van der Waals surface area (Å²) in [6.45, 7) is 2.72. The molecule has 0 fully saturated rings. The van der Waals surface area contributed by atoms with Gasteiger partial charge in [-0.05, 0) is 55.0 Å². The van der Waals surface area contributed by atoms with Gasteiger partial charge in [-0.25, -0.2) is 0 Å². The average molecular weight is 443 g/mol. The number of nitrogens with two attached hydrogens (primary N) is 1. The Labute approximate surface area is 190 Å². The summed E-state index contributed by atoms with van der Waals surface area (Å²) in [7, 11) is 1.81. The van der Waals surface area contributed by atoms with Gasteiger partial charge in [-0.3, -0.25) is 15.0 Å². The van der Waals surface area contributed by atoms with E-state index >= 15 is 0 Å². The lowest BCUT2D eigenvalue weighted by Crippen LogP contribution is -2.36. The highest BCUT2D eigenvalue weighted by Gasteiger charge is 2.23. The maximum absolute atomic E-state index is 12.9. The molecule has 0 aliphatic carbocycles. The Kier molecular flexibility index (Phi) is 8.63. The van der Waals surface area contributed by atoms with Gasteiger partial charge in [-0.1, -0.05) is 31.2 Å². The van der Waals surface area contributed by atoms with Crippen LogP contribution in [-0.4, -0.2) is 31.2 Å². The number of nitrogens with zero attached hydrogens (tertiary/aromatic N) is 2. The van der Waals surface area contributed by atoms with Crippen molar-refractivity contribution in [3.63, 3.8) is 0 Å². The topological polar surface area (TPSA) is 90.5 Å². The number of nitrogens with one attached hydrogen (secondary N) is 1. The highest BCUT2D eigenvalue weighted by Crippen LogP contribution is 2.31. The van der Waals surface area contributed by atoms with Crippen LogP contribution in [0.4, 0.5) is 11.4 Å². The molecule has 0 atom stereocenters. The first-order chi connectivity index (χ1) is 14.4. The zero-order valence-corrected chi connectivity index (χ0v) is 19.0. The molecule has 0 saturated heterocycles. The third-order valence-corrected chi connectivity index (χ3v) is 5.60. The molecule has 0 spiro atoms. The lowest BCUT2D eigenvalue weighted by molar-refractivity contribution is -0.119. The minimum absolute atomic E-state index is 0. The number of carbonyl (C=O) groups is 2. The maximum Gasteiger partial charge on any atom is 0.227 e. The normalized spacial score (nSPS) is 12.5. The largest absolute Gasteiger partial charge is 0.384 e. The van der Waals surface area contributed by atoms with Crippen molar-refractivity contribution in [1.29, 1.82) is 5.41 Å². The van der Waals surface area contributed by atoms with Gasteiger partial charge >= 0.3 is 0 Å². The van der Waals surface area contributed by atoms with Crippen molar-refractivity contribution in [2.24, 2.45) is 5.73 Å². The summed E-state index contributed by atoms with van der Waals surface area (Å²) >= 11 is 0. The summed E-state index contributed by atoms with van der Waals surface area (Å²) in [5.41, 5.74) is 10.2. The van der Waals surface area contributed by atoms with Crippen molar-refractivity contribution in [2.45, 2.75) is 45.4 Å². The molecule has 166 valence electrons. The highest BCUT2D eigenvalue weighted by atomic mass is 35.5. The van der Waals surface area contributed by atoms with E-state index in [1.165, 1.54) is 0 Å². The predicted molar refractivity (Wildman–Crippen MR) is 128 cm³/mol. The second-order valence-electron chi connectivity index (χ2n) is 7.78. The van der Waals surface area contributed by atoms with Gasteiger partial charge in [0.2, 0.25) is 11.8 Å². The summed E-state index contributed by atoms with van der Waals surface area (Å²) in [6, 6.07) is 13.4. The molecule has 0 radical (unpaired) electrons. The van der Waals surface area contributed by atoms with Crippen LogP contribution >= 0.6 is 12.4 Å². The summed E-state index contributed by atoms with van der Waals surface area (Å²) in [5, 5.41) is 7.46. The molecule has 0 aromatic heterocycles. The Morgan fingerprint density at radius 2 is 1.84 bits per heavy atom. The van der Waals surface area contributed by atoms with Crippen LogP contribution < -0.4 is 15.5 Å². The molecule has 2 aromatic rings. The van der Waals surface area contributed by atoms with E-state index < -0.39 is 0 Å². The van der Waals surface area contributed by atoms with Crippen LogP contribution in [0.25, 0.3) is 0 Å². The number of aryl methyl sites for hydroxylation is 2. The van der Waals surface area contributed by atoms with E-state index in [1.54, 1.807) is 4.90 Å². The molecule has 2 aromatic carbocycles. The van der Waals surface area contributed by atoms with Crippen LogP contribution in [-0.2, 0) is 22.4 Å². The van der Waals surface area contributed by atoms with Gasteiger partial charge in [0.1, 0.15) is 5.84 Å². The summed E-state index contributed by atoms with van der Waals surface area (Å²) in [6.07, 6.45) is 4.27. The number of carbonyl (C=O) groups excluding carboxylic acids is 2. The Morgan fingerprint density at radius 3 is 2.48 bits per heavy atom. The van der Waals surface area contributed by atoms with Crippen molar-refractivity contribution in [2.75, 3.05) is 23.4 Å². The van der Waals surface area contributed by atoms with Crippen molar-refractivity contribution in [3.8, 4) is 0 Å². The Hall–Kier alpha value is -2.86. The van der Waals surface area contributed by atoms with Gasteiger partial charge in [0.15, 0.2) is 0 Å². The van der Waals surface area contributed by atoms with Gasteiger partial charge in [-0.2, -0.15) is 0 Å². The number of benzene rings is 2. The van der Waals surface area contributed by atoms with Crippen molar-refractivity contribution < 1.29 is 9.59 Å². The first kappa shape index (κ1) is 24.4. The van der Waals surface area contributed by atoms with Crippen LogP contribution in [0.15, 0.2) is 42.5 Å². The van der Waals surface area contributed by atoms with Gasteiger partial charge in [0.25, 0.3) is 0 Å². The molecular weight excluding hydrogens is 412 g/mol. The number of nitrogen functional groups attached to an aromatic ring is 1. The van der Waals surface area contributed by atoms with Gasteiger partial charge in [0.05, 0.1) is 0 Å². The van der Waals surface area contributed by atoms with Crippen molar-refractivity contribution >= 4 is 41.4 Å². The van der Waals surface area contributed by atoms with Crippen LogP contribution in [0, 0.1) is 5.41 Å². The maximum atomic E-state index is 12.9. The number of rotatable bonds is 7. The third-order valence-electron chi connectivity index (χ3n) is 5.60. The molecule has 1 aliphatic heterocycles. The molecule has 3 rings (SSSR count). The zero-order chi connectivity index (χ0) is 21.7. The highest BCUT2D eigenvalue weighted by molar-refractivity contribution is 5.97. The molecule has 0 bridgehead atoms. The average Bonchev–Trinajstić information content (AvgIpc) is 2.76. The van der Waals surface area contributed by atoms with E-state index in [4.69, 9.17) is 11.1 Å². The fourth-order valence-electron chi connectivity index (χ4n) is 3.81. The molecule has 0 saturated carbocycles. The number of fused-ring (bicyclic) bond motifs is 1. The number of amides is 2. The number of amidine groups is 1. The Morgan fingerprint density at radius 1 is 1.13 bits per heavy atom. The van der Waals surface area contributed by atoms with Gasteiger partial charge in [-0.15, -0.1) is 12.4 Å². The van der Waals surface area contributed by atoms with Crippen LogP contribution in [0.3, 0.4) is 0 Å². The van der Waals surface area contributed by atoms with E-state index in [2.05, 4.69) is 0 Å². The summed E-state index contributed by atoms with van der Waals surface area (Å²) in [5.74, 6) is 0.260. The lowest BCUT2D eigenvalue weighted by atomic mass is 9.99. The Bertz CT molecular complexity index is 943. The first-order valence-corrected chi connectivity index (χ1v) is 10.5. The summed E-state index contributed by atoms with van der Waals surface area (Å²) < 4.78 is 0. The molecule has 3 N–H and O–H groups in total. The van der Waals surface area contributed by atoms with Crippen molar-refractivity contribution in [3.05, 3.63) is 59.2 Å². The van der Waals surface area contributed by atoms with E-state index in [1.807, 2.05) is 61.3 Å². The SMILES string of the molecule is CCCC(=O)N(C)c1ccc2c(c1)CCCN2C(=O)CCc1ccc(C(=N)N)cc1.Cl. The van der Waals surface area contributed by atoms with Crippen LogP contribution in [0.5, 0.6) is 0 Å². The predicted octanol–water partition coefficient (Wildman–Crippen LogP) is 4.07. The first-order valence-electron chi connectivity index (χ1n) is 10.5. The van der Waals surface area contributed by atoms with Crippen LogP contribution in [0.2, 0.25) is 0 Å². The van der Waals surface area contributed by atoms with E-state index in [0.29, 0.717) is 24.8 Å². The third kappa shape index (κ3) is 5.85. The molecule has 7 heteroatoms. The van der Waals surface area contributed by atoms with Gasteiger partial charge < -0.3 is 15.5 Å². The quantitative estimate of drug-likeness (QED) is 0.500. The second kappa shape index (κ2) is 11.0. The molecule has 1 aliphatic rings. The zero-order valence-electron chi connectivity index (χ0n) is 18.2. The second-order valence-corrected chi connectivity index (χ2v) is 7.78. The molecule has 6 nitrogen and oxygen atoms in total. The molecule has 2 amide bonds. The number of hydrogen-bond donors (Lipinski definition) is 2.